The van der Waals surface area contributed by atoms with Gasteiger partial charge in [-0.25, -0.2) is 9.97 Å². The van der Waals surface area contributed by atoms with Crippen molar-refractivity contribution in [2.24, 2.45) is 7.05 Å². The molecule has 1 aliphatic heterocycles. The minimum Gasteiger partial charge on any atom is -0.334 e. The highest BCUT2D eigenvalue weighted by molar-refractivity contribution is 5.96. The molecule has 3 heterocycles. The van der Waals surface area contributed by atoms with Gasteiger partial charge in [-0.3, -0.25) is 4.79 Å². The number of rotatable bonds is 5. The van der Waals surface area contributed by atoms with E-state index in [-0.39, 0.29) is 5.91 Å². The summed E-state index contributed by atoms with van der Waals surface area (Å²) in [5, 5.41) is 12.8. The number of likely N-dealkylation sites (tertiary alicyclic amines) is 1. The Morgan fingerprint density at radius 2 is 2.00 bits per heavy atom. The van der Waals surface area contributed by atoms with Crippen molar-refractivity contribution in [3.05, 3.63) is 47.9 Å². The third-order valence-corrected chi connectivity index (χ3v) is 6.43. The fourth-order valence-electron chi connectivity index (χ4n) is 4.22. The van der Waals surface area contributed by atoms with Crippen molar-refractivity contribution in [2.45, 2.75) is 31.7 Å². The highest BCUT2D eigenvalue weighted by Gasteiger charge is 2.35. The van der Waals surface area contributed by atoms with Crippen molar-refractivity contribution in [2.75, 3.05) is 32.1 Å². The van der Waals surface area contributed by atoms with Crippen LogP contribution in [-0.4, -0.2) is 58.1 Å². The van der Waals surface area contributed by atoms with Gasteiger partial charge in [-0.2, -0.15) is 5.26 Å². The summed E-state index contributed by atoms with van der Waals surface area (Å²) >= 11 is 0. The van der Waals surface area contributed by atoms with Crippen LogP contribution in [0, 0.1) is 11.3 Å². The second-order valence-corrected chi connectivity index (χ2v) is 8.59. The van der Waals surface area contributed by atoms with Crippen LogP contribution < -0.4 is 10.2 Å². The fraction of sp³-hybridized carbons (Fsp3) is 0.417. The summed E-state index contributed by atoms with van der Waals surface area (Å²) < 4.78 is 1.97. The number of fused-ring (bicyclic) bond motifs is 1. The molecular formula is C24H29N7O. The van der Waals surface area contributed by atoms with Crippen LogP contribution in [0.1, 0.15) is 35.7 Å². The van der Waals surface area contributed by atoms with Crippen molar-refractivity contribution in [3.63, 3.8) is 0 Å². The summed E-state index contributed by atoms with van der Waals surface area (Å²) in [6.07, 6.45) is 5.59. The van der Waals surface area contributed by atoms with Crippen LogP contribution in [0.2, 0.25) is 0 Å². The average molecular weight is 432 g/mol. The molecule has 0 radical (unpaired) electrons. The standard InChI is InChI=1S/C24H29N7O/c1-5-17-12-18(23(32)28-24(15-25)8-10-29(2)11-9-24)6-7-20(17)31(4)22-13-21-19(14-26-22)27-16-30(21)3/h6-7,12-14,16H,5,8-11H2,1-4H3,(H,28,32). The van der Waals surface area contributed by atoms with E-state index in [1.807, 2.05) is 54.9 Å². The molecule has 0 saturated carbocycles. The van der Waals surface area contributed by atoms with Gasteiger partial charge in [-0.1, -0.05) is 6.92 Å². The molecule has 166 valence electrons. The minimum absolute atomic E-state index is 0.200. The molecule has 0 aliphatic carbocycles. The van der Waals surface area contributed by atoms with Crippen LogP contribution in [0.3, 0.4) is 0 Å². The highest BCUT2D eigenvalue weighted by atomic mass is 16.1. The summed E-state index contributed by atoms with van der Waals surface area (Å²) in [6.45, 7) is 3.66. The number of amides is 1. The van der Waals surface area contributed by atoms with E-state index in [1.165, 1.54) is 0 Å². The van der Waals surface area contributed by atoms with Crippen LogP contribution in [0.15, 0.2) is 36.8 Å². The first-order valence-electron chi connectivity index (χ1n) is 10.9. The first-order chi connectivity index (χ1) is 15.4. The molecule has 0 atom stereocenters. The van der Waals surface area contributed by atoms with Crippen LogP contribution in [0.5, 0.6) is 0 Å². The minimum atomic E-state index is -0.798. The Balaban J connectivity index is 1.58. The Hall–Kier alpha value is -3.44. The molecule has 4 rings (SSSR count). The Kier molecular flexibility index (Phi) is 5.85. The molecule has 2 aromatic heterocycles. The molecule has 1 amide bonds. The second kappa shape index (κ2) is 8.60. The van der Waals surface area contributed by atoms with E-state index in [4.69, 9.17) is 0 Å². The van der Waals surface area contributed by atoms with Crippen molar-refractivity contribution in [3.8, 4) is 6.07 Å². The molecular weight excluding hydrogens is 402 g/mol. The van der Waals surface area contributed by atoms with Crippen molar-refractivity contribution in [1.29, 1.82) is 5.26 Å². The number of benzene rings is 1. The molecule has 8 nitrogen and oxygen atoms in total. The smallest absolute Gasteiger partial charge is 0.252 e. The molecule has 0 bridgehead atoms. The van der Waals surface area contributed by atoms with E-state index >= 15 is 0 Å². The van der Waals surface area contributed by atoms with E-state index in [2.05, 4.69) is 33.2 Å². The van der Waals surface area contributed by atoms with Gasteiger partial charge >= 0.3 is 0 Å². The first kappa shape index (κ1) is 21.8. The lowest BCUT2D eigenvalue weighted by Crippen LogP contribution is -2.53. The van der Waals surface area contributed by atoms with Gasteiger partial charge in [0.05, 0.1) is 24.1 Å². The summed E-state index contributed by atoms with van der Waals surface area (Å²) in [5.74, 6) is 0.609. The van der Waals surface area contributed by atoms with Gasteiger partial charge in [0.15, 0.2) is 0 Å². The molecule has 1 aliphatic rings. The van der Waals surface area contributed by atoms with Crippen LogP contribution in [0.4, 0.5) is 11.5 Å². The van der Waals surface area contributed by atoms with Gasteiger partial charge in [-0.05, 0) is 50.1 Å². The third kappa shape index (κ3) is 4.04. The van der Waals surface area contributed by atoms with Gasteiger partial charge in [0.1, 0.15) is 16.9 Å². The van der Waals surface area contributed by atoms with Crippen molar-refractivity contribution < 1.29 is 4.79 Å². The normalized spacial score (nSPS) is 16.0. The number of carbonyl (C=O) groups is 1. The van der Waals surface area contributed by atoms with Crippen molar-refractivity contribution >= 4 is 28.4 Å². The Bertz CT molecular complexity index is 1180. The zero-order valence-electron chi connectivity index (χ0n) is 19.1. The Morgan fingerprint density at radius 3 is 2.69 bits per heavy atom. The molecule has 1 N–H and O–H groups in total. The number of nitrogens with one attached hydrogen (secondary N) is 1. The Labute approximate surface area is 188 Å². The maximum absolute atomic E-state index is 13.0. The van der Waals surface area contributed by atoms with E-state index in [0.717, 1.165) is 47.6 Å². The number of carbonyl (C=O) groups excluding carboxylic acids is 1. The quantitative estimate of drug-likeness (QED) is 0.668. The number of aromatic nitrogens is 3. The lowest BCUT2D eigenvalue weighted by molar-refractivity contribution is 0.0882. The number of hydrogen-bond donors (Lipinski definition) is 1. The fourth-order valence-corrected chi connectivity index (χ4v) is 4.22. The molecule has 0 unspecified atom stereocenters. The SMILES string of the molecule is CCc1cc(C(=O)NC2(C#N)CCN(C)CC2)ccc1N(C)c1cc2c(cn1)ncn2C. The summed E-state index contributed by atoms with van der Waals surface area (Å²) in [4.78, 5) is 26.1. The largest absolute Gasteiger partial charge is 0.334 e. The number of hydrogen-bond acceptors (Lipinski definition) is 6. The maximum atomic E-state index is 13.0. The predicted molar refractivity (Wildman–Crippen MR) is 125 cm³/mol. The zero-order valence-corrected chi connectivity index (χ0v) is 19.1. The second-order valence-electron chi connectivity index (χ2n) is 8.59. The molecule has 32 heavy (non-hydrogen) atoms. The van der Waals surface area contributed by atoms with E-state index in [9.17, 15) is 10.1 Å². The first-order valence-corrected chi connectivity index (χ1v) is 10.9. The number of nitriles is 1. The molecule has 1 aromatic carbocycles. The summed E-state index contributed by atoms with van der Waals surface area (Å²) in [6, 6.07) is 10.1. The molecule has 8 heteroatoms. The maximum Gasteiger partial charge on any atom is 0.252 e. The van der Waals surface area contributed by atoms with Gasteiger partial charge in [0.25, 0.3) is 5.91 Å². The van der Waals surface area contributed by atoms with E-state index in [1.54, 1.807) is 12.5 Å². The summed E-state index contributed by atoms with van der Waals surface area (Å²) in [7, 11) is 5.97. The topological polar surface area (TPSA) is 90.1 Å². The van der Waals surface area contributed by atoms with Crippen LogP contribution in [-0.2, 0) is 13.5 Å². The third-order valence-electron chi connectivity index (χ3n) is 6.43. The number of piperidine rings is 1. The van der Waals surface area contributed by atoms with Gasteiger partial charge in [0, 0.05) is 44.5 Å². The summed E-state index contributed by atoms with van der Waals surface area (Å²) in [5.41, 5.74) is 3.67. The molecule has 1 fully saturated rings. The van der Waals surface area contributed by atoms with Gasteiger partial charge in [0.2, 0.25) is 0 Å². The highest BCUT2D eigenvalue weighted by Crippen LogP contribution is 2.29. The van der Waals surface area contributed by atoms with Gasteiger partial charge < -0.3 is 19.7 Å². The molecule has 3 aromatic rings. The molecule has 1 saturated heterocycles. The van der Waals surface area contributed by atoms with Crippen LogP contribution in [0.25, 0.3) is 11.0 Å². The monoisotopic (exact) mass is 431 g/mol. The number of nitrogens with zero attached hydrogens (tertiary/aromatic N) is 6. The number of imidazole rings is 1. The van der Waals surface area contributed by atoms with E-state index in [0.29, 0.717) is 18.4 Å². The van der Waals surface area contributed by atoms with Crippen molar-refractivity contribution in [1.82, 2.24) is 24.8 Å². The van der Waals surface area contributed by atoms with Crippen LogP contribution >= 0.6 is 0 Å². The van der Waals surface area contributed by atoms with E-state index < -0.39 is 5.54 Å². The number of pyridine rings is 1. The lowest BCUT2D eigenvalue weighted by Gasteiger charge is -2.36. The molecule has 0 spiro atoms. The van der Waals surface area contributed by atoms with Gasteiger partial charge in [-0.15, -0.1) is 0 Å². The predicted octanol–water partition coefficient (Wildman–Crippen LogP) is 3.02. The number of aryl methyl sites for hydroxylation is 2. The zero-order chi connectivity index (χ0) is 22.9. The number of anilines is 2. The lowest BCUT2D eigenvalue weighted by atomic mass is 9.88. The average Bonchev–Trinajstić information content (AvgIpc) is 3.19. The Morgan fingerprint density at radius 1 is 1.25 bits per heavy atom.